The highest BCUT2D eigenvalue weighted by Crippen LogP contribution is 2.20. The van der Waals surface area contributed by atoms with Gasteiger partial charge in [-0.1, -0.05) is 24.3 Å². The lowest BCUT2D eigenvalue weighted by Crippen LogP contribution is -2.10. The largest absolute Gasteiger partial charge is 0.309 e. The number of rotatable bonds is 2. The van der Waals surface area contributed by atoms with E-state index in [0.29, 0.717) is 0 Å². The molecule has 3 rings (SSSR count). The van der Waals surface area contributed by atoms with E-state index in [1.54, 1.807) is 12.1 Å². The molecule has 1 heterocycles. The maximum atomic E-state index is 10.7. The SMILES string of the molecule is O=[N+]([O-])c1ccc(C2=NNCCc3ccccc32)cc1. The van der Waals surface area contributed by atoms with E-state index in [9.17, 15) is 10.1 Å². The van der Waals surface area contributed by atoms with Crippen LogP contribution in [0.25, 0.3) is 0 Å². The second kappa shape index (κ2) is 5.13. The first-order valence-corrected chi connectivity index (χ1v) is 6.39. The van der Waals surface area contributed by atoms with Crippen LogP contribution in [0, 0.1) is 10.1 Å². The third kappa shape index (κ3) is 2.25. The number of hydrazone groups is 1. The lowest BCUT2D eigenvalue weighted by Gasteiger charge is -2.08. The van der Waals surface area contributed by atoms with Crippen molar-refractivity contribution >= 4 is 11.4 Å². The Balaban J connectivity index is 2.05. The Hall–Kier alpha value is -2.69. The normalized spacial score (nSPS) is 13.7. The number of fused-ring (bicyclic) bond motifs is 1. The molecule has 0 spiro atoms. The van der Waals surface area contributed by atoms with Crippen molar-refractivity contribution in [3.05, 3.63) is 75.3 Å². The van der Waals surface area contributed by atoms with E-state index in [4.69, 9.17) is 0 Å². The molecule has 2 aromatic rings. The van der Waals surface area contributed by atoms with Gasteiger partial charge < -0.3 is 5.43 Å². The van der Waals surface area contributed by atoms with E-state index in [-0.39, 0.29) is 5.69 Å². The highest BCUT2D eigenvalue weighted by molar-refractivity contribution is 6.13. The van der Waals surface area contributed by atoms with Crippen LogP contribution >= 0.6 is 0 Å². The molecule has 0 atom stereocenters. The smallest absolute Gasteiger partial charge is 0.269 e. The third-order valence-corrected chi connectivity index (χ3v) is 3.32. The zero-order chi connectivity index (χ0) is 13.9. The fourth-order valence-electron chi connectivity index (χ4n) is 2.32. The molecule has 0 saturated heterocycles. The Morgan fingerprint density at radius 1 is 1.10 bits per heavy atom. The lowest BCUT2D eigenvalue weighted by molar-refractivity contribution is -0.384. The summed E-state index contributed by atoms with van der Waals surface area (Å²) in [5.74, 6) is 0. The molecule has 0 fully saturated rings. The molecular weight excluding hydrogens is 254 g/mol. The van der Waals surface area contributed by atoms with Crippen molar-refractivity contribution in [2.75, 3.05) is 6.54 Å². The summed E-state index contributed by atoms with van der Waals surface area (Å²) >= 11 is 0. The molecule has 0 bridgehead atoms. The van der Waals surface area contributed by atoms with Crippen LogP contribution in [0.4, 0.5) is 5.69 Å². The van der Waals surface area contributed by atoms with Crippen LogP contribution in [0.15, 0.2) is 53.6 Å². The lowest BCUT2D eigenvalue weighted by atomic mass is 9.96. The number of hydrogen-bond donors (Lipinski definition) is 1. The number of non-ortho nitro benzene ring substituents is 1. The summed E-state index contributed by atoms with van der Waals surface area (Å²) in [5, 5.41) is 15.1. The Morgan fingerprint density at radius 3 is 2.60 bits per heavy atom. The number of nitro benzene ring substituents is 1. The van der Waals surface area contributed by atoms with Gasteiger partial charge in [-0.15, -0.1) is 0 Å². The number of hydrogen-bond acceptors (Lipinski definition) is 4. The molecule has 0 unspecified atom stereocenters. The summed E-state index contributed by atoms with van der Waals surface area (Å²) in [5.41, 5.74) is 7.13. The highest BCUT2D eigenvalue weighted by atomic mass is 16.6. The van der Waals surface area contributed by atoms with Gasteiger partial charge in [0.25, 0.3) is 5.69 Å². The van der Waals surface area contributed by atoms with E-state index >= 15 is 0 Å². The van der Waals surface area contributed by atoms with Gasteiger partial charge in [-0.2, -0.15) is 5.10 Å². The zero-order valence-corrected chi connectivity index (χ0v) is 10.7. The van der Waals surface area contributed by atoms with E-state index in [1.807, 2.05) is 18.2 Å². The van der Waals surface area contributed by atoms with Gasteiger partial charge in [-0.05, 0) is 24.1 Å². The van der Waals surface area contributed by atoms with Crippen LogP contribution in [0.1, 0.15) is 16.7 Å². The van der Waals surface area contributed by atoms with Crippen LogP contribution in [-0.4, -0.2) is 17.2 Å². The van der Waals surface area contributed by atoms with E-state index in [2.05, 4.69) is 16.6 Å². The fourth-order valence-corrected chi connectivity index (χ4v) is 2.32. The van der Waals surface area contributed by atoms with Crippen molar-refractivity contribution in [3.8, 4) is 0 Å². The Bertz CT molecular complexity index is 678. The van der Waals surface area contributed by atoms with E-state index in [0.717, 1.165) is 29.8 Å². The number of nitro groups is 1. The Kier molecular flexibility index (Phi) is 3.16. The maximum absolute atomic E-state index is 10.7. The van der Waals surface area contributed by atoms with Gasteiger partial charge in [0.05, 0.1) is 10.6 Å². The second-order valence-corrected chi connectivity index (χ2v) is 4.58. The minimum atomic E-state index is -0.398. The maximum Gasteiger partial charge on any atom is 0.269 e. The standard InChI is InChI=1S/C15H13N3O2/c19-18(20)13-7-5-12(6-8-13)15-14-4-2-1-3-11(14)9-10-16-17-15/h1-8,16H,9-10H2. The van der Waals surface area contributed by atoms with Gasteiger partial charge >= 0.3 is 0 Å². The highest BCUT2D eigenvalue weighted by Gasteiger charge is 2.15. The monoisotopic (exact) mass is 267 g/mol. The van der Waals surface area contributed by atoms with Crippen LogP contribution < -0.4 is 5.43 Å². The van der Waals surface area contributed by atoms with Crippen LogP contribution in [0.2, 0.25) is 0 Å². The molecule has 0 saturated carbocycles. The Labute approximate surface area is 116 Å². The van der Waals surface area contributed by atoms with Gasteiger partial charge in [-0.3, -0.25) is 10.1 Å². The molecular formula is C15H13N3O2. The molecule has 0 amide bonds. The predicted octanol–water partition coefficient (Wildman–Crippen LogP) is 2.49. The van der Waals surface area contributed by atoms with E-state index < -0.39 is 4.92 Å². The van der Waals surface area contributed by atoms with Gasteiger partial charge in [0.2, 0.25) is 0 Å². The number of nitrogens with zero attached hydrogens (tertiary/aromatic N) is 2. The first-order valence-electron chi connectivity index (χ1n) is 6.39. The summed E-state index contributed by atoms with van der Waals surface area (Å²) in [4.78, 5) is 10.3. The minimum Gasteiger partial charge on any atom is -0.309 e. The summed E-state index contributed by atoms with van der Waals surface area (Å²) in [7, 11) is 0. The molecule has 0 radical (unpaired) electrons. The van der Waals surface area contributed by atoms with Crippen molar-refractivity contribution in [1.29, 1.82) is 0 Å². The average molecular weight is 267 g/mol. The first kappa shape index (κ1) is 12.3. The zero-order valence-electron chi connectivity index (χ0n) is 10.7. The van der Waals surface area contributed by atoms with Crippen molar-refractivity contribution < 1.29 is 4.92 Å². The van der Waals surface area contributed by atoms with Gasteiger partial charge in [0.15, 0.2) is 0 Å². The van der Waals surface area contributed by atoms with Crippen molar-refractivity contribution in [2.24, 2.45) is 5.10 Å². The number of benzene rings is 2. The van der Waals surface area contributed by atoms with E-state index in [1.165, 1.54) is 17.7 Å². The summed E-state index contributed by atoms with van der Waals surface area (Å²) < 4.78 is 0. The summed E-state index contributed by atoms with van der Waals surface area (Å²) in [6.07, 6.45) is 0.913. The predicted molar refractivity (Wildman–Crippen MR) is 76.9 cm³/mol. The summed E-state index contributed by atoms with van der Waals surface area (Å²) in [6, 6.07) is 14.6. The van der Waals surface area contributed by atoms with Gasteiger partial charge in [0.1, 0.15) is 0 Å². The average Bonchev–Trinajstić information content (AvgIpc) is 2.69. The molecule has 20 heavy (non-hydrogen) atoms. The molecule has 0 aromatic heterocycles. The first-order chi connectivity index (χ1) is 9.75. The minimum absolute atomic E-state index is 0.0872. The van der Waals surface area contributed by atoms with Crippen molar-refractivity contribution in [2.45, 2.75) is 6.42 Å². The quantitative estimate of drug-likeness (QED) is 0.671. The van der Waals surface area contributed by atoms with Gasteiger partial charge in [0, 0.05) is 29.8 Å². The molecule has 0 aliphatic carbocycles. The second-order valence-electron chi connectivity index (χ2n) is 4.58. The van der Waals surface area contributed by atoms with Crippen LogP contribution in [0.3, 0.4) is 0 Å². The molecule has 1 aliphatic rings. The van der Waals surface area contributed by atoms with Crippen LogP contribution in [-0.2, 0) is 6.42 Å². The molecule has 100 valence electrons. The molecule has 1 aliphatic heterocycles. The van der Waals surface area contributed by atoms with Crippen LogP contribution in [0.5, 0.6) is 0 Å². The topological polar surface area (TPSA) is 67.5 Å². The third-order valence-electron chi connectivity index (χ3n) is 3.32. The molecule has 2 aromatic carbocycles. The Morgan fingerprint density at radius 2 is 1.85 bits per heavy atom. The molecule has 5 heteroatoms. The fraction of sp³-hybridized carbons (Fsp3) is 0.133. The van der Waals surface area contributed by atoms with Crippen molar-refractivity contribution in [3.63, 3.8) is 0 Å². The molecule has 5 nitrogen and oxygen atoms in total. The number of nitrogens with one attached hydrogen (secondary N) is 1. The van der Waals surface area contributed by atoms with Crippen molar-refractivity contribution in [1.82, 2.24) is 5.43 Å². The molecule has 1 N–H and O–H groups in total. The summed E-state index contributed by atoms with van der Waals surface area (Å²) in [6.45, 7) is 0.785. The van der Waals surface area contributed by atoms with Gasteiger partial charge in [-0.25, -0.2) is 0 Å².